The number of piperidine rings is 1. The zero-order valence-electron chi connectivity index (χ0n) is 19.4. The van der Waals surface area contributed by atoms with Gasteiger partial charge in [0.15, 0.2) is 5.96 Å². The van der Waals surface area contributed by atoms with Crippen molar-refractivity contribution in [3.63, 3.8) is 0 Å². The van der Waals surface area contributed by atoms with E-state index in [4.69, 9.17) is 9.47 Å². The van der Waals surface area contributed by atoms with Gasteiger partial charge >= 0.3 is 5.97 Å². The van der Waals surface area contributed by atoms with Crippen LogP contribution in [0.25, 0.3) is 0 Å². The largest absolute Gasteiger partial charge is 0.469 e. The molecule has 0 aromatic heterocycles. The van der Waals surface area contributed by atoms with Gasteiger partial charge in [-0.15, -0.1) is 24.0 Å². The van der Waals surface area contributed by atoms with Gasteiger partial charge in [0.2, 0.25) is 0 Å². The molecule has 2 aliphatic rings. The van der Waals surface area contributed by atoms with Crippen LogP contribution in [0.4, 0.5) is 0 Å². The van der Waals surface area contributed by atoms with E-state index in [0.29, 0.717) is 25.2 Å². The van der Waals surface area contributed by atoms with Gasteiger partial charge in [-0.05, 0) is 44.4 Å². The number of carbonyl (C=O) groups is 2. The molecule has 9 heteroatoms. The summed E-state index contributed by atoms with van der Waals surface area (Å²) in [4.78, 5) is 32.9. The number of methoxy groups -OCH3 is 1. The number of guanidine groups is 1. The van der Waals surface area contributed by atoms with Crippen LogP contribution in [0.3, 0.4) is 0 Å². The zero-order valence-corrected chi connectivity index (χ0v) is 21.7. The highest BCUT2D eigenvalue weighted by Crippen LogP contribution is 2.19. The minimum atomic E-state index is -0.127. The van der Waals surface area contributed by atoms with Crippen molar-refractivity contribution in [3.8, 4) is 0 Å². The SMILES string of the molecule is CN=C(NCc1ccc(C(=O)N2CC(C)OC(C)C2)cc1)N1CCC(C(=O)OC)CC1.I. The number of amides is 1. The third kappa shape index (κ3) is 6.81. The summed E-state index contributed by atoms with van der Waals surface area (Å²) in [7, 11) is 3.21. The number of nitrogens with one attached hydrogen (secondary N) is 1. The molecular formula is C23H35IN4O4. The van der Waals surface area contributed by atoms with Crippen LogP contribution >= 0.6 is 24.0 Å². The molecule has 2 atom stereocenters. The zero-order chi connectivity index (χ0) is 22.4. The van der Waals surface area contributed by atoms with Crippen molar-refractivity contribution in [3.05, 3.63) is 35.4 Å². The van der Waals surface area contributed by atoms with Crippen molar-refractivity contribution in [2.24, 2.45) is 10.9 Å². The number of halogens is 1. The molecule has 1 amide bonds. The van der Waals surface area contributed by atoms with E-state index in [9.17, 15) is 9.59 Å². The topological polar surface area (TPSA) is 83.5 Å². The Bertz CT molecular complexity index is 784. The van der Waals surface area contributed by atoms with Crippen LogP contribution in [0.1, 0.15) is 42.6 Å². The number of nitrogens with zero attached hydrogens (tertiary/aromatic N) is 3. The fourth-order valence-electron chi connectivity index (χ4n) is 4.30. The summed E-state index contributed by atoms with van der Waals surface area (Å²) >= 11 is 0. The van der Waals surface area contributed by atoms with Gasteiger partial charge in [-0.25, -0.2) is 0 Å². The minimum absolute atomic E-state index is 0. The fourth-order valence-corrected chi connectivity index (χ4v) is 4.30. The Labute approximate surface area is 207 Å². The van der Waals surface area contributed by atoms with Crippen LogP contribution in [-0.2, 0) is 20.8 Å². The molecule has 1 aromatic rings. The maximum Gasteiger partial charge on any atom is 0.308 e. The number of likely N-dealkylation sites (tertiary alicyclic amines) is 1. The fraction of sp³-hybridized carbons (Fsp3) is 0.609. The van der Waals surface area contributed by atoms with Crippen molar-refractivity contribution in [1.82, 2.24) is 15.1 Å². The lowest BCUT2D eigenvalue weighted by atomic mass is 9.97. The van der Waals surface area contributed by atoms with Gasteiger partial charge in [-0.1, -0.05) is 12.1 Å². The predicted octanol–water partition coefficient (Wildman–Crippen LogP) is 2.51. The lowest BCUT2D eigenvalue weighted by molar-refractivity contribution is -0.146. The molecule has 0 radical (unpaired) electrons. The van der Waals surface area contributed by atoms with Gasteiger partial charge in [-0.3, -0.25) is 14.6 Å². The molecule has 2 unspecified atom stereocenters. The van der Waals surface area contributed by atoms with Crippen LogP contribution in [0.5, 0.6) is 0 Å². The monoisotopic (exact) mass is 558 g/mol. The van der Waals surface area contributed by atoms with Gasteiger partial charge in [0, 0.05) is 45.3 Å². The summed E-state index contributed by atoms with van der Waals surface area (Å²) in [5, 5.41) is 3.39. The van der Waals surface area contributed by atoms with Gasteiger partial charge in [0.1, 0.15) is 0 Å². The van der Waals surface area contributed by atoms with Crippen LogP contribution < -0.4 is 5.32 Å². The van der Waals surface area contributed by atoms with E-state index in [2.05, 4.69) is 15.2 Å². The Morgan fingerprint density at radius 1 is 1.09 bits per heavy atom. The first-order valence-electron chi connectivity index (χ1n) is 11.0. The molecule has 32 heavy (non-hydrogen) atoms. The number of rotatable bonds is 4. The summed E-state index contributed by atoms with van der Waals surface area (Å²) in [6, 6.07) is 7.72. The Hall–Kier alpha value is -1.88. The number of benzene rings is 1. The van der Waals surface area contributed by atoms with E-state index in [1.807, 2.05) is 43.0 Å². The summed E-state index contributed by atoms with van der Waals surface area (Å²) in [6.07, 6.45) is 1.65. The third-order valence-electron chi connectivity index (χ3n) is 5.90. The smallest absolute Gasteiger partial charge is 0.308 e. The van der Waals surface area contributed by atoms with Crippen molar-refractivity contribution >= 4 is 41.8 Å². The molecule has 1 aromatic carbocycles. The maximum atomic E-state index is 12.8. The number of esters is 1. The molecule has 0 aliphatic carbocycles. The first-order chi connectivity index (χ1) is 14.9. The number of aliphatic imine (C=N–C) groups is 1. The number of hydrogen-bond acceptors (Lipinski definition) is 5. The molecule has 1 N–H and O–H groups in total. The second-order valence-electron chi connectivity index (χ2n) is 8.35. The van der Waals surface area contributed by atoms with Crippen molar-refractivity contribution in [2.75, 3.05) is 40.3 Å². The Balaban J connectivity index is 0.00000363. The molecule has 2 fully saturated rings. The average molecular weight is 558 g/mol. The molecule has 3 rings (SSSR count). The quantitative estimate of drug-likeness (QED) is 0.265. The van der Waals surface area contributed by atoms with Crippen molar-refractivity contribution in [1.29, 1.82) is 0 Å². The van der Waals surface area contributed by atoms with Gasteiger partial charge in [0.05, 0.1) is 25.2 Å². The highest BCUT2D eigenvalue weighted by atomic mass is 127. The van der Waals surface area contributed by atoms with E-state index in [0.717, 1.165) is 37.5 Å². The number of hydrogen-bond donors (Lipinski definition) is 1. The number of carbonyl (C=O) groups excluding carboxylic acids is 2. The average Bonchev–Trinajstić information content (AvgIpc) is 2.78. The molecule has 2 heterocycles. The normalized spacial score (nSPS) is 22.2. The number of ether oxygens (including phenoxy) is 2. The first-order valence-corrected chi connectivity index (χ1v) is 11.0. The van der Waals surface area contributed by atoms with Crippen molar-refractivity contribution < 1.29 is 19.1 Å². The van der Waals surface area contributed by atoms with Gasteiger partial charge < -0.3 is 24.6 Å². The predicted molar refractivity (Wildman–Crippen MR) is 134 cm³/mol. The van der Waals surface area contributed by atoms with Crippen molar-refractivity contribution in [2.45, 2.75) is 45.4 Å². The van der Waals surface area contributed by atoms with Gasteiger partial charge in [-0.2, -0.15) is 0 Å². The first kappa shape index (κ1) is 26.4. The maximum absolute atomic E-state index is 12.8. The summed E-state index contributed by atoms with van der Waals surface area (Å²) < 4.78 is 10.6. The summed E-state index contributed by atoms with van der Waals surface area (Å²) in [6.45, 7) is 7.38. The van der Waals surface area contributed by atoms with Crippen LogP contribution in [-0.4, -0.2) is 80.2 Å². The lowest BCUT2D eigenvalue weighted by Gasteiger charge is -2.35. The molecular weight excluding hydrogens is 523 g/mol. The van der Waals surface area contributed by atoms with E-state index in [-0.39, 0.29) is 54.0 Å². The van der Waals surface area contributed by atoms with E-state index >= 15 is 0 Å². The Kier molecular flexibility index (Phi) is 10.2. The van der Waals surface area contributed by atoms with E-state index in [1.54, 1.807) is 7.05 Å². The summed E-state index contributed by atoms with van der Waals surface area (Å²) in [5.41, 5.74) is 1.77. The minimum Gasteiger partial charge on any atom is -0.469 e. The second-order valence-corrected chi connectivity index (χ2v) is 8.35. The molecule has 2 saturated heterocycles. The van der Waals surface area contributed by atoms with E-state index in [1.165, 1.54) is 7.11 Å². The molecule has 8 nitrogen and oxygen atoms in total. The van der Waals surface area contributed by atoms with Crippen LogP contribution in [0.15, 0.2) is 29.3 Å². The van der Waals surface area contributed by atoms with E-state index < -0.39 is 0 Å². The second kappa shape index (κ2) is 12.4. The molecule has 2 aliphatic heterocycles. The summed E-state index contributed by atoms with van der Waals surface area (Å²) in [5.74, 6) is 0.714. The standard InChI is InChI=1S/C23H34N4O4.HI/c1-16-14-27(15-17(2)31-16)21(28)19-7-5-18(6-8-19)13-25-23(24-3)26-11-9-20(10-12-26)22(29)30-4;/h5-8,16-17,20H,9-15H2,1-4H3,(H,24,25);1H. The Morgan fingerprint density at radius 3 is 2.22 bits per heavy atom. The third-order valence-corrected chi connectivity index (χ3v) is 5.90. The highest BCUT2D eigenvalue weighted by molar-refractivity contribution is 14.0. The molecule has 178 valence electrons. The Morgan fingerprint density at radius 2 is 1.69 bits per heavy atom. The molecule has 0 saturated carbocycles. The van der Waals surface area contributed by atoms with Crippen LogP contribution in [0, 0.1) is 5.92 Å². The lowest BCUT2D eigenvalue weighted by Crippen LogP contribution is -2.48. The molecule has 0 bridgehead atoms. The highest BCUT2D eigenvalue weighted by Gasteiger charge is 2.28. The number of morpholine rings is 1. The van der Waals surface area contributed by atoms with Crippen LogP contribution in [0.2, 0.25) is 0 Å². The van der Waals surface area contributed by atoms with Gasteiger partial charge in [0.25, 0.3) is 5.91 Å². The molecule has 0 spiro atoms.